The molecular weight excluding hydrogens is 359 g/mol. The molecule has 0 aliphatic rings. The molecule has 1 heterocycles. The monoisotopic (exact) mass is 383 g/mol. The van der Waals surface area contributed by atoms with Crippen LogP contribution >= 0.6 is 0 Å². The van der Waals surface area contributed by atoms with Crippen LogP contribution in [0.1, 0.15) is 28.9 Å². The number of alkyl halides is 3. The van der Waals surface area contributed by atoms with Gasteiger partial charge in [0.15, 0.2) is 0 Å². The third-order valence-electron chi connectivity index (χ3n) is 4.45. The molecule has 0 N–H and O–H groups in total. The molecule has 0 fully saturated rings. The van der Waals surface area contributed by atoms with Crippen molar-refractivity contribution in [2.24, 2.45) is 0 Å². The summed E-state index contributed by atoms with van der Waals surface area (Å²) in [5.41, 5.74) is 1.60. The van der Waals surface area contributed by atoms with Crippen LogP contribution in [0.2, 0.25) is 0 Å². The first-order chi connectivity index (χ1) is 12.6. The maximum Gasteiger partial charge on any atom is 0.416 e. The maximum atomic E-state index is 13.0. The largest absolute Gasteiger partial charge is 0.416 e. The number of carbonyl (C=O) groups is 1. The number of likely N-dealkylation sites (N-methyl/N-ethyl adjacent to an activating group) is 1. The Morgan fingerprint density at radius 1 is 1.30 bits per heavy atom. The molecule has 2 rings (SSSR count). The van der Waals surface area contributed by atoms with Gasteiger partial charge in [0, 0.05) is 38.6 Å². The van der Waals surface area contributed by atoms with E-state index in [1.807, 2.05) is 0 Å². The summed E-state index contributed by atoms with van der Waals surface area (Å²) in [4.78, 5) is 14.1. The van der Waals surface area contributed by atoms with Gasteiger partial charge in [0.05, 0.1) is 23.4 Å². The predicted octanol–water partition coefficient (Wildman–Crippen LogP) is 3.55. The average Bonchev–Trinajstić information content (AvgIpc) is 2.89. The van der Waals surface area contributed by atoms with E-state index in [1.165, 1.54) is 10.7 Å². The van der Waals surface area contributed by atoms with Gasteiger partial charge in [0.1, 0.15) is 0 Å². The summed E-state index contributed by atoms with van der Waals surface area (Å²) in [6.45, 7) is 4.66. The van der Waals surface area contributed by atoms with Crippen LogP contribution < -0.4 is 0 Å². The Labute approximate surface area is 156 Å². The smallest absolute Gasteiger partial charge is 0.385 e. The van der Waals surface area contributed by atoms with E-state index in [0.717, 1.165) is 24.1 Å². The minimum atomic E-state index is -4.42. The molecule has 1 aromatic carbocycles. The van der Waals surface area contributed by atoms with E-state index in [9.17, 15) is 18.0 Å². The number of amides is 1. The molecule has 2 aromatic rings. The van der Waals surface area contributed by atoms with Crippen LogP contribution in [0.4, 0.5) is 13.2 Å². The lowest BCUT2D eigenvalue weighted by Crippen LogP contribution is -2.30. The van der Waals surface area contributed by atoms with E-state index in [0.29, 0.717) is 30.2 Å². The third kappa shape index (κ3) is 5.09. The highest BCUT2D eigenvalue weighted by molar-refractivity contribution is 5.79. The van der Waals surface area contributed by atoms with Gasteiger partial charge in [-0.25, -0.2) is 4.68 Å². The Morgan fingerprint density at radius 3 is 2.63 bits per heavy atom. The summed E-state index contributed by atoms with van der Waals surface area (Å²) in [6, 6.07) is 5.00. The first kappa shape index (κ1) is 21.0. The van der Waals surface area contributed by atoms with Crippen LogP contribution in [0.15, 0.2) is 24.3 Å². The first-order valence-corrected chi connectivity index (χ1v) is 8.60. The summed E-state index contributed by atoms with van der Waals surface area (Å²) >= 11 is 0. The highest BCUT2D eigenvalue weighted by atomic mass is 19.4. The van der Waals surface area contributed by atoms with Crippen molar-refractivity contribution in [3.63, 3.8) is 0 Å². The molecule has 0 atom stereocenters. The Kier molecular flexibility index (Phi) is 6.64. The van der Waals surface area contributed by atoms with E-state index in [-0.39, 0.29) is 12.3 Å². The summed E-state index contributed by atoms with van der Waals surface area (Å²) in [5.74, 6) is -0.0686. The van der Waals surface area contributed by atoms with Crippen LogP contribution in [0.25, 0.3) is 5.69 Å². The number of ether oxygens (including phenoxy) is 1. The lowest BCUT2D eigenvalue weighted by molar-refractivity contribution is -0.137. The second kappa shape index (κ2) is 8.56. The van der Waals surface area contributed by atoms with Crippen molar-refractivity contribution in [2.45, 2.75) is 32.9 Å². The fraction of sp³-hybridized carbons (Fsp3) is 0.474. The quantitative estimate of drug-likeness (QED) is 0.687. The number of rotatable bonds is 7. The van der Waals surface area contributed by atoms with Crippen molar-refractivity contribution in [1.29, 1.82) is 0 Å². The summed E-state index contributed by atoms with van der Waals surface area (Å²) < 4.78 is 45.3. The van der Waals surface area contributed by atoms with Gasteiger partial charge in [-0.3, -0.25) is 4.79 Å². The van der Waals surface area contributed by atoms with E-state index in [1.54, 1.807) is 39.0 Å². The topological polar surface area (TPSA) is 47.4 Å². The lowest BCUT2D eigenvalue weighted by atomic mass is 10.1. The average molecular weight is 383 g/mol. The molecule has 1 aromatic heterocycles. The Morgan fingerprint density at radius 2 is 2.00 bits per heavy atom. The maximum absolute atomic E-state index is 13.0. The van der Waals surface area contributed by atoms with Crippen molar-refractivity contribution in [1.82, 2.24) is 14.7 Å². The summed E-state index contributed by atoms with van der Waals surface area (Å²) in [6.07, 6.45) is -3.53. The molecule has 0 aliphatic heterocycles. The number of hydrogen-bond acceptors (Lipinski definition) is 3. The Hall–Kier alpha value is -2.35. The number of halogens is 3. The summed E-state index contributed by atoms with van der Waals surface area (Å²) in [7, 11) is 3.33. The molecule has 1 amide bonds. The molecule has 0 unspecified atom stereocenters. The van der Waals surface area contributed by atoms with Crippen LogP contribution in [0.5, 0.6) is 0 Å². The minimum Gasteiger partial charge on any atom is -0.385 e. The number of nitrogens with zero attached hydrogens (tertiary/aromatic N) is 3. The number of benzene rings is 1. The van der Waals surface area contributed by atoms with Gasteiger partial charge in [-0.05, 0) is 38.5 Å². The highest BCUT2D eigenvalue weighted by Crippen LogP contribution is 2.31. The Bertz CT molecular complexity index is 800. The number of aryl methyl sites for hydroxylation is 1. The third-order valence-corrected chi connectivity index (χ3v) is 4.45. The van der Waals surface area contributed by atoms with Crippen molar-refractivity contribution >= 4 is 5.91 Å². The number of aromatic nitrogens is 2. The van der Waals surface area contributed by atoms with Crippen molar-refractivity contribution in [2.75, 3.05) is 27.3 Å². The highest BCUT2D eigenvalue weighted by Gasteiger charge is 2.30. The molecule has 148 valence electrons. The van der Waals surface area contributed by atoms with Gasteiger partial charge in [-0.1, -0.05) is 6.07 Å². The SMILES string of the molecule is COCCCN(C)C(=O)Cc1c(C)nn(-c2cccc(C(F)(F)F)c2)c1C. The van der Waals surface area contributed by atoms with Crippen LogP contribution in [0.3, 0.4) is 0 Å². The fourth-order valence-corrected chi connectivity index (χ4v) is 2.85. The van der Waals surface area contributed by atoms with E-state index in [4.69, 9.17) is 4.74 Å². The standard InChI is InChI=1S/C19H24F3N3O2/c1-13-17(12-18(26)24(3)9-6-10-27-4)14(2)25(23-13)16-8-5-7-15(11-16)19(20,21)22/h5,7-8,11H,6,9-10,12H2,1-4H3. The molecule has 27 heavy (non-hydrogen) atoms. The van der Waals surface area contributed by atoms with Gasteiger partial charge in [-0.15, -0.1) is 0 Å². The summed E-state index contributed by atoms with van der Waals surface area (Å²) in [5, 5.41) is 4.35. The zero-order valence-corrected chi connectivity index (χ0v) is 15.9. The van der Waals surface area contributed by atoms with E-state index >= 15 is 0 Å². The second-order valence-electron chi connectivity index (χ2n) is 6.45. The van der Waals surface area contributed by atoms with Gasteiger partial charge in [0.25, 0.3) is 0 Å². The van der Waals surface area contributed by atoms with Gasteiger partial charge < -0.3 is 9.64 Å². The van der Waals surface area contributed by atoms with Crippen LogP contribution in [-0.4, -0.2) is 47.9 Å². The number of methoxy groups -OCH3 is 1. The molecule has 0 bridgehead atoms. The van der Waals surface area contributed by atoms with Gasteiger partial charge >= 0.3 is 6.18 Å². The van der Waals surface area contributed by atoms with Crippen LogP contribution in [-0.2, 0) is 22.1 Å². The molecule has 0 aliphatic carbocycles. The molecule has 5 nitrogen and oxygen atoms in total. The first-order valence-electron chi connectivity index (χ1n) is 8.60. The van der Waals surface area contributed by atoms with E-state index < -0.39 is 11.7 Å². The van der Waals surface area contributed by atoms with Gasteiger partial charge in [-0.2, -0.15) is 18.3 Å². The predicted molar refractivity (Wildman–Crippen MR) is 95.9 cm³/mol. The molecular formula is C19H24F3N3O2. The molecule has 0 saturated carbocycles. The molecule has 0 spiro atoms. The molecule has 0 saturated heterocycles. The van der Waals surface area contributed by atoms with Crippen LogP contribution in [0, 0.1) is 13.8 Å². The van der Waals surface area contributed by atoms with Crippen molar-refractivity contribution in [3.8, 4) is 5.69 Å². The molecule has 0 radical (unpaired) electrons. The van der Waals surface area contributed by atoms with Gasteiger partial charge in [0.2, 0.25) is 5.91 Å². The number of hydrogen-bond donors (Lipinski definition) is 0. The number of carbonyl (C=O) groups excluding carboxylic acids is 1. The Balaban J connectivity index is 2.23. The van der Waals surface area contributed by atoms with Crippen molar-refractivity contribution in [3.05, 3.63) is 46.8 Å². The van der Waals surface area contributed by atoms with Crippen molar-refractivity contribution < 1.29 is 22.7 Å². The zero-order chi connectivity index (χ0) is 20.2. The lowest BCUT2D eigenvalue weighted by Gasteiger charge is -2.17. The van der Waals surface area contributed by atoms with E-state index in [2.05, 4.69) is 5.10 Å². The molecule has 8 heteroatoms. The normalized spacial score (nSPS) is 11.7. The second-order valence-corrected chi connectivity index (χ2v) is 6.45. The minimum absolute atomic E-state index is 0.0686. The fourth-order valence-electron chi connectivity index (χ4n) is 2.85. The zero-order valence-electron chi connectivity index (χ0n) is 15.9.